The lowest BCUT2D eigenvalue weighted by Crippen LogP contribution is -2.49. The summed E-state index contributed by atoms with van der Waals surface area (Å²) >= 11 is 0. The molecule has 0 radical (unpaired) electrons. The Bertz CT molecular complexity index is 599. The molecule has 1 heterocycles. The van der Waals surface area contributed by atoms with Crippen molar-refractivity contribution in [1.82, 2.24) is 4.90 Å². The minimum Gasteiger partial charge on any atom is -0.497 e. The standard InChI is InChI=1S/C24H40N2O3/c1-18(2)23-10-5-19(3)15-24(23)29-17-21(27)16-25-11-13-26(14-12-25)20-6-8-22(28-4)9-7-20/h6-9,18-19,21,23-24,27H,5,10-17H2,1-4H3. The predicted octanol–water partition coefficient (Wildman–Crippen LogP) is 3.66. The van der Waals surface area contributed by atoms with Gasteiger partial charge in [0.05, 0.1) is 25.9 Å². The zero-order valence-corrected chi connectivity index (χ0v) is 18.7. The Balaban J connectivity index is 1.40. The number of anilines is 1. The summed E-state index contributed by atoms with van der Waals surface area (Å²) in [5, 5.41) is 10.6. The molecule has 1 N–H and O–H groups in total. The molecule has 1 saturated heterocycles. The number of nitrogens with zero attached hydrogens (tertiary/aromatic N) is 2. The molecule has 2 fully saturated rings. The molecule has 164 valence electrons. The van der Waals surface area contributed by atoms with Crippen molar-refractivity contribution in [1.29, 1.82) is 0 Å². The molecule has 1 aliphatic heterocycles. The Labute approximate surface area is 177 Å². The van der Waals surface area contributed by atoms with Crippen molar-refractivity contribution in [3.63, 3.8) is 0 Å². The van der Waals surface area contributed by atoms with Gasteiger partial charge >= 0.3 is 0 Å². The maximum Gasteiger partial charge on any atom is 0.119 e. The zero-order chi connectivity index (χ0) is 20.8. The monoisotopic (exact) mass is 404 g/mol. The molecule has 0 amide bonds. The summed E-state index contributed by atoms with van der Waals surface area (Å²) in [6.07, 6.45) is 3.60. The highest BCUT2D eigenvalue weighted by atomic mass is 16.5. The summed E-state index contributed by atoms with van der Waals surface area (Å²) < 4.78 is 11.5. The van der Waals surface area contributed by atoms with Gasteiger partial charge in [-0.2, -0.15) is 0 Å². The van der Waals surface area contributed by atoms with Gasteiger partial charge in [0, 0.05) is 38.4 Å². The van der Waals surface area contributed by atoms with E-state index in [9.17, 15) is 5.11 Å². The molecule has 4 unspecified atom stereocenters. The average molecular weight is 405 g/mol. The van der Waals surface area contributed by atoms with Crippen molar-refractivity contribution in [3.05, 3.63) is 24.3 Å². The number of aliphatic hydroxyl groups is 1. The molecule has 0 aromatic heterocycles. The molecule has 5 nitrogen and oxygen atoms in total. The minimum atomic E-state index is -0.410. The van der Waals surface area contributed by atoms with Crippen LogP contribution in [-0.2, 0) is 4.74 Å². The van der Waals surface area contributed by atoms with Gasteiger partial charge in [0.15, 0.2) is 0 Å². The van der Waals surface area contributed by atoms with Crippen molar-refractivity contribution in [2.45, 2.75) is 52.2 Å². The third-order valence-electron chi connectivity index (χ3n) is 6.74. The first-order valence-electron chi connectivity index (χ1n) is 11.4. The SMILES string of the molecule is COc1ccc(N2CCN(CC(O)COC3CC(C)CCC3C(C)C)CC2)cc1. The van der Waals surface area contributed by atoms with E-state index in [0.717, 1.165) is 44.3 Å². The van der Waals surface area contributed by atoms with E-state index in [1.165, 1.54) is 18.5 Å². The van der Waals surface area contributed by atoms with Gasteiger partial charge < -0.3 is 19.5 Å². The summed E-state index contributed by atoms with van der Waals surface area (Å²) in [6.45, 7) is 12.0. The summed E-state index contributed by atoms with van der Waals surface area (Å²) in [7, 11) is 1.70. The van der Waals surface area contributed by atoms with Crippen molar-refractivity contribution in [2.75, 3.05) is 51.3 Å². The van der Waals surface area contributed by atoms with Gasteiger partial charge in [-0.15, -0.1) is 0 Å². The Kier molecular flexibility index (Phi) is 8.22. The highest BCUT2D eigenvalue weighted by Crippen LogP contribution is 2.35. The van der Waals surface area contributed by atoms with Gasteiger partial charge in [-0.3, -0.25) is 4.90 Å². The second-order valence-corrected chi connectivity index (χ2v) is 9.34. The molecular weight excluding hydrogens is 364 g/mol. The van der Waals surface area contributed by atoms with E-state index in [4.69, 9.17) is 9.47 Å². The first-order chi connectivity index (χ1) is 14.0. The summed E-state index contributed by atoms with van der Waals surface area (Å²) in [4.78, 5) is 4.76. The minimum absolute atomic E-state index is 0.306. The van der Waals surface area contributed by atoms with Crippen LogP contribution >= 0.6 is 0 Å². The van der Waals surface area contributed by atoms with Gasteiger partial charge in [-0.05, 0) is 54.9 Å². The predicted molar refractivity (Wildman–Crippen MR) is 119 cm³/mol. The number of benzene rings is 1. The molecule has 4 atom stereocenters. The summed E-state index contributed by atoms with van der Waals surface area (Å²) in [6, 6.07) is 8.26. The maximum atomic E-state index is 10.6. The van der Waals surface area contributed by atoms with E-state index >= 15 is 0 Å². The van der Waals surface area contributed by atoms with Crippen LogP contribution in [0.1, 0.15) is 40.0 Å². The van der Waals surface area contributed by atoms with Crippen LogP contribution in [0.25, 0.3) is 0 Å². The second-order valence-electron chi connectivity index (χ2n) is 9.34. The molecule has 1 saturated carbocycles. The third-order valence-corrected chi connectivity index (χ3v) is 6.74. The van der Waals surface area contributed by atoms with E-state index in [0.29, 0.717) is 31.1 Å². The Morgan fingerprint density at radius 1 is 1.07 bits per heavy atom. The largest absolute Gasteiger partial charge is 0.497 e. The molecular formula is C24H40N2O3. The molecule has 29 heavy (non-hydrogen) atoms. The van der Waals surface area contributed by atoms with Crippen LogP contribution in [0.5, 0.6) is 5.75 Å². The molecule has 0 bridgehead atoms. The third kappa shape index (κ3) is 6.34. The molecule has 3 rings (SSSR count). The van der Waals surface area contributed by atoms with Crippen LogP contribution in [0, 0.1) is 17.8 Å². The van der Waals surface area contributed by atoms with Crippen LogP contribution in [0.4, 0.5) is 5.69 Å². The van der Waals surface area contributed by atoms with E-state index < -0.39 is 6.10 Å². The van der Waals surface area contributed by atoms with Crippen LogP contribution in [0.3, 0.4) is 0 Å². The van der Waals surface area contributed by atoms with Crippen LogP contribution in [0.15, 0.2) is 24.3 Å². The van der Waals surface area contributed by atoms with Gasteiger partial charge in [0.2, 0.25) is 0 Å². The number of ether oxygens (including phenoxy) is 2. The van der Waals surface area contributed by atoms with E-state index in [2.05, 4.69) is 42.7 Å². The van der Waals surface area contributed by atoms with Gasteiger partial charge in [-0.1, -0.05) is 27.2 Å². The topological polar surface area (TPSA) is 45.2 Å². The molecule has 1 aromatic rings. The number of methoxy groups -OCH3 is 1. The fraction of sp³-hybridized carbons (Fsp3) is 0.750. The van der Waals surface area contributed by atoms with Crippen LogP contribution in [-0.4, -0.2) is 68.7 Å². The molecule has 5 heteroatoms. The van der Waals surface area contributed by atoms with Gasteiger partial charge in [0.25, 0.3) is 0 Å². The van der Waals surface area contributed by atoms with Gasteiger partial charge in [-0.25, -0.2) is 0 Å². The number of aliphatic hydroxyl groups excluding tert-OH is 1. The second kappa shape index (κ2) is 10.6. The van der Waals surface area contributed by atoms with Crippen LogP contribution in [0.2, 0.25) is 0 Å². The quantitative estimate of drug-likeness (QED) is 0.716. The summed E-state index contributed by atoms with van der Waals surface area (Å²) in [5.41, 5.74) is 1.24. The number of hydrogen-bond donors (Lipinski definition) is 1. The fourth-order valence-electron chi connectivity index (χ4n) is 4.87. The van der Waals surface area contributed by atoms with E-state index in [1.807, 2.05) is 12.1 Å². The molecule has 2 aliphatic rings. The van der Waals surface area contributed by atoms with Crippen LogP contribution < -0.4 is 9.64 Å². The molecule has 0 spiro atoms. The van der Waals surface area contributed by atoms with Crippen molar-refractivity contribution in [2.24, 2.45) is 17.8 Å². The van der Waals surface area contributed by atoms with E-state index in [-0.39, 0.29) is 0 Å². The highest BCUT2D eigenvalue weighted by Gasteiger charge is 2.32. The Hall–Kier alpha value is -1.30. The van der Waals surface area contributed by atoms with Gasteiger partial charge in [0.1, 0.15) is 5.75 Å². The Morgan fingerprint density at radius 3 is 2.38 bits per heavy atom. The molecule has 1 aliphatic carbocycles. The first kappa shape index (κ1) is 22.4. The van der Waals surface area contributed by atoms with Crippen molar-refractivity contribution >= 4 is 5.69 Å². The van der Waals surface area contributed by atoms with Crippen molar-refractivity contribution < 1.29 is 14.6 Å². The lowest BCUT2D eigenvalue weighted by atomic mass is 9.75. The normalized spacial score (nSPS) is 27.2. The summed E-state index contributed by atoms with van der Waals surface area (Å²) in [5.74, 6) is 2.91. The number of rotatable bonds is 8. The maximum absolute atomic E-state index is 10.6. The lowest BCUT2D eigenvalue weighted by molar-refractivity contribution is -0.0740. The number of β-amino-alcohol motifs (C(OH)–C–C–N with tert-alkyl or cyclic N) is 1. The first-order valence-corrected chi connectivity index (χ1v) is 11.4. The Morgan fingerprint density at radius 2 is 1.76 bits per heavy atom. The number of piperazine rings is 1. The molecule has 1 aromatic carbocycles. The smallest absolute Gasteiger partial charge is 0.119 e. The fourth-order valence-corrected chi connectivity index (χ4v) is 4.87. The highest BCUT2D eigenvalue weighted by molar-refractivity contribution is 5.49. The lowest BCUT2D eigenvalue weighted by Gasteiger charge is -2.39. The average Bonchev–Trinajstić information content (AvgIpc) is 2.73. The van der Waals surface area contributed by atoms with Crippen molar-refractivity contribution in [3.8, 4) is 5.75 Å². The zero-order valence-electron chi connectivity index (χ0n) is 18.7. The van der Waals surface area contributed by atoms with E-state index in [1.54, 1.807) is 7.11 Å². The number of hydrogen-bond acceptors (Lipinski definition) is 5.